The van der Waals surface area contributed by atoms with Crippen LogP contribution in [-0.4, -0.2) is 51.1 Å². The molecule has 0 heterocycles. The standard InChI is InChI=1S/C22H29FN4O3.HI/c1-5-25-21(28)15-30-19-10-9-16(12-20(19)29-4)13-26-22(24-2)27(3)14-17-7-6-8-18(23)11-17;/h6-12H,5,13-15H2,1-4H3,(H,24,26)(H,25,28);1H. The van der Waals surface area contributed by atoms with Gasteiger partial charge in [-0.15, -0.1) is 24.0 Å². The van der Waals surface area contributed by atoms with Crippen LogP contribution in [0.25, 0.3) is 0 Å². The average molecular weight is 544 g/mol. The third kappa shape index (κ3) is 8.60. The zero-order valence-corrected chi connectivity index (χ0v) is 20.6. The summed E-state index contributed by atoms with van der Waals surface area (Å²) >= 11 is 0. The van der Waals surface area contributed by atoms with E-state index in [2.05, 4.69) is 15.6 Å². The molecule has 2 rings (SSSR count). The van der Waals surface area contributed by atoms with Crippen LogP contribution in [0.3, 0.4) is 0 Å². The first-order valence-electron chi connectivity index (χ1n) is 9.69. The van der Waals surface area contributed by atoms with Crippen LogP contribution in [-0.2, 0) is 17.9 Å². The van der Waals surface area contributed by atoms with Crippen LogP contribution in [0, 0.1) is 5.82 Å². The van der Waals surface area contributed by atoms with Crippen molar-refractivity contribution in [1.29, 1.82) is 0 Å². The van der Waals surface area contributed by atoms with Crippen molar-refractivity contribution in [2.24, 2.45) is 4.99 Å². The van der Waals surface area contributed by atoms with Gasteiger partial charge in [0.25, 0.3) is 5.91 Å². The fraction of sp³-hybridized carbons (Fsp3) is 0.364. The smallest absolute Gasteiger partial charge is 0.257 e. The van der Waals surface area contributed by atoms with Crippen LogP contribution >= 0.6 is 24.0 Å². The van der Waals surface area contributed by atoms with Gasteiger partial charge in [-0.2, -0.15) is 0 Å². The maximum absolute atomic E-state index is 13.4. The molecule has 0 aliphatic carbocycles. The minimum atomic E-state index is -0.259. The quantitative estimate of drug-likeness (QED) is 0.288. The fourth-order valence-electron chi connectivity index (χ4n) is 2.88. The van der Waals surface area contributed by atoms with Gasteiger partial charge in [-0.05, 0) is 42.3 Å². The molecule has 170 valence electrons. The number of nitrogens with zero attached hydrogens (tertiary/aromatic N) is 2. The van der Waals surface area contributed by atoms with E-state index in [4.69, 9.17) is 9.47 Å². The molecule has 0 spiro atoms. The van der Waals surface area contributed by atoms with E-state index in [0.29, 0.717) is 37.1 Å². The van der Waals surface area contributed by atoms with Gasteiger partial charge in [0.05, 0.1) is 7.11 Å². The van der Waals surface area contributed by atoms with Gasteiger partial charge in [-0.3, -0.25) is 9.79 Å². The van der Waals surface area contributed by atoms with Gasteiger partial charge in [0.1, 0.15) is 5.82 Å². The summed E-state index contributed by atoms with van der Waals surface area (Å²) in [5.41, 5.74) is 1.81. The van der Waals surface area contributed by atoms with E-state index >= 15 is 0 Å². The molecule has 0 aromatic heterocycles. The second-order valence-corrected chi connectivity index (χ2v) is 6.61. The number of guanidine groups is 1. The zero-order chi connectivity index (χ0) is 21.9. The third-order valence-electron chi connectivity index (χ3n) is 4.29. The average Bonchev–Trinajstić information content (AvgIpc) is 2.73. The number of hydrogen-bond acceptors (Lipinski definition) is 4. The number of benzene rings is 2. The number of likely N-dealkylation sites (N-methyl/N-ethyl adjacent to an activating group) is 1. The normalized spacial score (nSPS) is 10.7. The Balaban J connectivity index is 0.00000480. The first-order valence-corrected chi connectivity index (χ1v) is 9.69. The summed E-state index contributed by atoms with van der Waals surface area (Å²) in [6.07, 6.45) is 0. The molecule has 0 saturated carbocycles. The van der Waals surface area contributed by atoms with Crippen molar-refractivity contribution in [2.75, 3.05) is 34.4 Å². The van der Waals surface area contributed by atoms with Gasteiger partial charge in [-0.25, -0.2) is 4.39 Å². The molecule has 0 saturated heterocycles. The molecule has 7 nitrogen and oxygen atoms in total. The number of carbonyl (C=O) groups is 1. The molecule has 0 unspecified atom stereocenters. The maximum Gasteiger partial charge on any atom is 0.257 e. The molecule has 0 radical (unpaired) electrons. The Morgan fingerprint density at radius 1 is 1.13 bits per heavy atom. The van der Waals surface area contributed by atoms with Crippen molar-refractivity contribution >= 4 is 35.8 Å². The summed E-state index contributed by atoms with van der Waals surface area (Å²) in [6.45, 7) is 3.36. The largest absolute Gasteiger partial charge is 0.493 e. The minimum absolute atomic E-state index is 0. The Hall–Kier alpha value is -2.56. The lowest BCUT2D eigenvalue weighted by Gasteiger charge is -2.22. The molecule has 2 N–H and O–H groups in total. The molecule has 2 aromatic rings. The Labute approximate surface area is 200 Å². The molecular formula is C22H30FIN4O3. The number of methoxy groups -OCH3 is 1. The van der Waals surface area contributed by atoms with Crippen LogP contribution in [0.2, 0.25) is 0 Å². The van der Waals surface area contributed by atoms with Crippen molar-refractivity contribution in [2.45, 2.75) is 20.0 Å². The van der Waals surface area contributed by atoms with E-state index in [9.17, 15) is 9.18 Å². The Morgan fingerprint density at radius 3 is 2.55 bits per heavy atom. The van der Waals surface area contributed by atoms with E-state index < -0.39 is 0 Å². The van der Waals surface area contributed by atoms with Crippen molar-refractivity contribution < 1.29 is 18.7 Å². The van der Waals surface area contributed by atoms with Crippen LogP contribution < -0.4 is 20.1 Å². The third-order valence-corrected chi connectivity index (χ3v) is 4.29. The van der Waals surface area contributed by atoms with Crippen LogP contribution in [0.5, 0.6) is 11.5 Å². The molecule has 0 fully saturated rings. The summed E-state index contributed by atoms with van der Waals surface area (Å²) in [5.74, 6) is 1.28. The van der Waals surface area contributed by atoms with Crippen LogP contribution in [0.1, 0.15) is 18.1 Å². The summed E-state index contributed by atoms with van der Waals surface area (Å²) < 4.78 is 24.3. The lowest BCUT2D eigenvalue weighted by molar-refractivity contribution is -0.123. The predicted octanol–water partition coefficient (Wildman–Crippen LogP) is 3.17. The molecule has 2 aromatic carbocycles. The highest BCUT2D eigenvalue weighted by Gasteiger charge is 2.11. The van der Waals surface area contributed by atoms with Crippen LogP contribution in [0.4, 0.5) is 4.39 Å². The van der Waals surface area contributed by atoms with Gasteiger partial charge in [0, 0.05) is 33.7 Å². The number of nitrogens with one attached hydrogen (secondary N) is 2. The van der Waals surface area contributed by atoms with Crippen LogP contribution in [0.15, 0.2) is 47.5 Å². The van der Waals surface area contributed by atoms with Gasteiger partial charge in [-0.1, -0.05) is 18.2 Å². The molecule has 0 atom stereocenters. The fourth-order valence-corrected chi connectivity index (χ4v) is 2.88. The van der Waals surface area contributed by atoms with E-state index in [1.54, 1.807) is 26.3 Å². The van der Waals surface area contributed by atoms with E-state index in [1.807, 2.05) is 37.1 Å². The number of rotatable bonds is 9. The highest BCUT2D eigenvalue weighted by atomic mass is 127. The molecule has 0 bridgehead atoms. The Kier molecular flexibility index (Phi) is 11.7. The number of hydrogen-bond donors (Lipinski definition) is 2. The lowest BCUT2D eigenvalue weighted by Crippen LogP contribution is -2.38. The minimum Gasteiger partial charge on any atom is -0.493 e. The molecule has 1 amide bonds. The second kappa shape index (κ2) is 13.7. The summed E-state index contributed by atoms with van der Waals surface area (Å²) in [6, 6.07) is 12.0. The number of halogens is 2. The highest BCUT2D eigenvalue weighted by molar-refractivity contribution is 14.0. The zero-order valence-electron chi connectivity index (χ0n) is 18.3. The first-order chi connectivity index (χ1) is 14.5. The topological polar surface area (TPSA) is 75.2 Å². The maximum atomic E-state index is 13.4. The molecule has 0 aliphatic rings. The first kappa shape index (κ1) is 26.5. The summed E-state index contributed by atoms with van der Waals surface area (Å²) in [7, 11) is 5.14. The van der Waals surface area contributed by atoms with E-state index in [0.717, 1.165) is 11.1 Å². The monoisotopic (exact) mass is 544 g/mol. The van der Waals surface area contributed by atoms with Crippen molar-refractivity contribution in [3.63, 3.8) is 0 Å². The van der Waals surface area contributed by atoms with Gasteiger partial charge in [0.2, 0.25) is 0 Å². The highest BCUT2D eigenvalue weighted by Crippen LogP contribution is 2.28. The molecule has 0 aliphatic heterocycles. The van der Waals surface area contributed by atoms with Crippen molar-refractivity contribution in [3.05, 3.63) is 59.4 Å². The lowest BCUT2D eigenvalue weighted by atomic mass is 10.2. The van der Waals surface area contributed by atoms with Gasteiger partial charge in [0.15, 0.2) is 24.1 Å². The van der Waals surface area contributed by atoms with Gasteiger partial charge < -0.3 is 25.0 Å². The van der Waals surface area contributed by atoms with Crippen molar-refractivity contribution in [3.8, 4) is 11.5 Å². The SMILES string of the molecule is CCNC(=O)COc1ccc(CNC(=NC)N(C)Cc2cccc(F)c2)cc1OC.I. The van der Waals surface area contributed by atoms with Crippen molar-refractivity contribution in [1.82, 2.24) is 15.5 Å². The Morgan fingerprint density at radius 2 is 1.90 bits per heavy atom. The molecule has 9 heteroatoms. The number of amides is 1. The molecular weight excluding hydrogens is 514 g/mol. The Bertz CT molecular complexity index is 880. The number of aliphatic imine (C=N–C) groups is 1. The number of carbonyl (C=O) groups excluding carboxylic acids is 1. The van der Waals surface area contributed by atoms with Gasteiger partial charge >= 0.3 is 0 Å². The van der Waals surface area contributed by atoms with E-state index in [-0.39, 0.29) is 42.3 Å². The van der Waals surface area contributed by atoms with E-state index in [1.165, 1.54) is 12.1 Å². The summed E-state index contributed by atoms with van der Waals surface area (Å²) in [5, 5.41) is 5.96. The predicted molar refractivity (Wildman–Crippen MR) is 131 cm³/mol. The molecule has 31 heavy (non-hydrogen) atoms. The second-order valence-electron chi connectivity index (χ2n) is 6.61. The number of ether oxygens (including phenoxy) is 2. The summed E-state index contributed by atoms with van der Waals surface area (Å²) in [4.78, 5) is 17.8.